The zero-order valence-corrected chi connectivity index (χ0v) is 12.0. The monoisotopic (exact) mass is 293 g/mol. The van der Waals surface area contributed by atoms with Crippen molar-refractivity contribution in [1.82, 2.24) is 5.32 Å². The highest BCUT2D eigenvalue weighted by molar-refractivity contribution is 9.10. The third-order valence-corrected chi connectivity index (χ3v) is 3.20. The van der Waals surface area contributed by atoms with Crippen molar-refractivity contribution in [1.29, 1.82) is 0 Å². The van der Waals surface area contributed by atoms with Crippen LogP contribution in [0.15, 0.2) is 28.7 Å². The maximum atomic E-state index is 5.30. The molecule has 0 aliphatic carbocycles. The normalized spacial score (nSPS) is 12.1. The van der Waals surface area contributed by atoms with Gasteiger partial charge in [-0.1, -0.05) is 35.0 Å². The second kappa shape index (κ2) is 8.33. The SMILES string of the molecule is C#CCCCC(NCCC)c1cccc(Br)c1. The van der Waals surface area contributed by atoms with E-state index in [4.69, 9.17) is 6.42 Å². The number of terminal acetylenes is 1. The lowest BCUT2D eigenvalue weighted by Gasteiger charge is -2.18. The van der Waals surface area contributed by atoms with Crippen LogP contribution in [0.3, 0.4) is 0 Å². The van der Waals surface area contributed by atoms with Crippen LogP contribution in [0.25, 0.3) is 0 Å². The summed E-state index contributed by atoms with van der Waals surface area (Å²) in [6.07, 6.45) is 9.48. The van der Waals surface area contributed by atoms with Crippen LogP contribution in [-0.2, 0) is 0 Å². The molecule has 0 saturated heterocycles. The van der Waals surface area contributed by atoms with Crippen LogP contribution in [0.5, 0.6) is 0 Å². The van der Waals surface area contributed by atoms with Crippen LogP contribution < -0.4 is 5.32 Å². The smallest absolute Gasteiger partial charge is 0.0320 e. The summed E-state index contributed by atoms with van der Waals surface area (Å²) in [6.45, 7) is 3.24. The number of rotatable bonds is 7. The average molecular weight is 294 g/mol. The third kappa shape index (κ3) is 5.39. The molecule has 1 rings (SSSR count). The fraction of sp³-hybridized carbons (Fsp3) is 0.467. The molecule has 92 valence electrons. The van der Waals surface area contributed by atoms with E-state index in [1.54, 1.807) is 0 Å². The molecule has 2 heteroatoms. The average Bonchev–Trinajstić information content (AvgIpc) is 2.33. The van der Waals surface area contributed by atoms with Gasteiger partial charge in [-0.15, -0.1) is 12.3 Å². The van der Waals surface area contributed by atoms with E-state index in [0.29, 0.717) is 6.04 Å². The first-order valence-electron chi connectivity index (χ1n) is 6.20. The van der Waals surface area contributed by atoms with Gasteiger partial charge in [-0.2, -0.15) is 0 Å². The molecule has 1 unspecified atom stereocenters. The van der Waals surface area contributed by atoms with Crippen LogP contribution in [0, 0.1) is 12.3 Å². The highest BCUT2D eigenvalue weighted by Gasteiger charge is 2.10. The predicted octanol–water partition coefficient (Wildman–Crippen LogP) is 4.29. The summed E-state index contributed by atoms with van der Waals surface area (Å²) in [5.41, 5.74) is 1.34. The second-order valence-electron chi connectivity index (χ2n) is 4.16. The van der Waals surface area contributed by atoms with Crippen molar-refractivity contribution < 1.29 is 0 Å². The molecule has 17 heavy (non-hydrogen) atoms. The minimum atomic E-state index is 0.417. The van der Waals surface area contributed by atoms with Crippen molar-refractivity contribution in [2.75, 3.05) is 6.54 Å². The van der Waals surface area contributed by atoms with E-state index >= 15 is 0 Å². The lowest BCUT2D eigenvalue weighted by atomic mass is 10.0. The standard InChI is InChI=1S/C15H20BrN/c1-3-5-6-10-15(17-11-4-2)13-8-7-9-14(16)12-13/h1,7-9,12,15,17H,4-6,10-11H2,2H3. The Morgan fingerprint density at radius 2 is 2.29 bits per heavy atom. The summed E-state index contributed by atoms with van der Waals surface area (Å²) < 4.78 is 1.13. The van der Waals surface area contributed by atoms with E-state index in [1.807, 2.05) is 0 Å². The van der Waals surface area contributed by atoms with E-state index in [2.05, 4.69) is 58.4 Å². The second-order valence-corrected chi connectivity index (χ2v) is 5.07. The van der Waals surface area contributed by atoms with Gasteiger partial charge in [0.25, 0.3) is 0 Å². The Bertz CT molecular complexity index is 367. The first-order chi connectivity index (χ1) is 8.27. The molecule has 0 spiro atoms. The summed E-state index contributed by atoms with van der Waals surface area (Å²) in [4.78, 5) is 0. The zero-order chi connectivity index (χ0) is 12.5. The number of hydrogen-bond donors (Lipinski definition) is 1. The maximum absolute atomic E-state index is 5.30. The molecule has 1 N–H and O–H groups in total. The maximum Gasteiger partial charge on any atom is 0.0320 e. The minimum Gasteiger partial charge on any atom is -0.310 e. The quantitative estimate of drug-likeness (QED) is 0.584. The van der Waals surface area contributed by atoms with E-state index < -0.39 is 0 Å². The van der Waals surface area contributed by atoms with Gasteiger partial charge in [-0.25, -0.2) is 0 Å². The van der Waals surface area contributed by atoms with Crippen LogP contribution in [-0.4, -0.2) is 6.54 Å². The Morgan fingerprint density at radius 3 is 2.94 bits per heavy atom. The molecule has 0 aliphatic rings. The van der Waals surface area contributed by atoms with Crippen LogP contribution in [0.4, 0.5) is 0 Å². The molecule has 1 nitrogen and oxygen atoms in total. The lowest BCUT2D eigenvalue weighted by Crippen LogP contribution is -2.22. The lowest BCUT2D eigenvalue weighted by molar-refractivity contribution is 0.487. The van der Waals surface area contributed by atoms with Gasteiger partial charge in [0.1, 0.15) is 0 Å². The van der Waals surface area contributed by atoms with Crippen molar-refractivity contribution in [3.05, 3.63) is 34.3 Å². The zero-order valence-electron chi connectivity index (χ0n) is 10.4. The van der Waals surface area contributed by atoms with Crippen LogP contribution in [0.1, 0.15) is 44.2 Å². The molecule has 0 saturated carbocycles. The molecule has 0 amide bonds. The van der Waals surface area contributed by atoms with Crippen LogP contribution in [0.2, 0.25) is 0 Å². The van der Waals surface area contributed by atoms with Gasteiger partial charge in [0, 0.05) is 16.9 Å². The summed E-state index contributed by atoms with van der Waals surface area (Å²) in [7, 11) is 0. The molecule has 1 aromatic carbocycles. The Balaban J connectivity index is 2.64. The van der Waals surface area contributed by atoms with Crippen molar-refractivity contribution in [2.45, 2.75) is 38.6 Å². The Morgan fingerprint density at radius 1 is 1.47 bits per heavy atom. The highest BCUT2D eigenvalue weighted by atomic mass is 79.9. The van der Waals surface area contributed by atoms with Gasteiger partial charge in [0.15, 0.2) is 0 Å². The fourth-order valence-corrected chi connectivity index (χ4v) is 2.25. The molecular formula is C15H20BrN. The number of halogens is 1. The molecular weight excluding hydrogens is 274 g/mol. The molecule has 0 heterocycles. The van der Waals surface area contributed by atoms with Gasteiger partial charge < -0.3 is 5.32 Å². The molecule has 1 aromatic rings. The predicted molar refractivity (Wildman–Crippen MR) is 77.9 cm³/mol. The van der Waals surface area contributed by atoms with Gasteiger partial charge in [-0.05, 0) is 43.5 Å². The van der Waals surface area contributed by atoms with E-state index in [0.717, 1.165) is 36.7 Å². The molecule has 1 atom stereocenters. The highest BCUT2D eigenvalue weighted by Crippen LogP contribution is 2.22. The Hall–Kier alpha value is -0.780. The summed E-state index contributed by atoms with van der Waals surface area (Å²) in [6, 6.07) is 8.92. The van der Waals surface area contributed by atoms with E-state index in [-0.39, 0.29) is 0 Å². The third-order valence-electron chi connectivity index (χ3n) is 2.71. The summed E-state index contributed by atoms with van der Waals surface area (Å²) >= 11 is 3.52. The van der Waals surface area contributed by atoms with E-state index in [1.165, 1.54) is 5.56 Å². The molecule has 0 bridgehead atoms. The topological polar surface area (TPSA) is 12.0 Å². The van der Waals surface area contributed by atoms with Crippen LogP contribution >= 0.6 is 15.9 Å². The first-order valence-corrected chi connectivity index (χ1v) is 6.99. The van der Waals surface area contributed by atoms with Gasteiger partial charge in [0.05, 0.1) is 0 Å². The van der Waals surface area contributed by atoms with E-state index in [9.17, 15) is 0 Å². The first kappa shape index (κ1) is 14.3. The fourth-order valence-electron chi connectivity index (χ4n) is 1.84. The number of hydrogen-bond acceptors (Lipinski definition) is 1. The largest absolute Gasteiger partial charge is 0.310 e. The molecule has 0 radical (unpaired) electrons. The van der Waals surface area contributed by atoms with Gasteiger partial charge in [-0.3, -0.25) is 0 Å². The minimum absolute atomic E-state index is 0.417. The van der Waals surface area contributed by atoms with Crippen molar-refractivity contribution in [3.8, 4) is 12.3 Å². The summed E-state index contributed by atoms with van der Waals surface area (Å²) in [5, 5.41) is 3.58. The Kier molecular flexibility index (Phi) is 7.00. The molecule has 0 fully saturated rings. The number of nitrogens with one attached hydrogen (secondary N) is 1. The van der Waals surface area contributed by atoms with Crippen molar-refractivity contribution in [2.24, 2.45) is 0 Å². The Labute approximate surface area is 113 Å². The van der Waals surface area contributed by atoms with Gasteiger partial charge in [0.2, 0.25) is 0 Å². The van der Waals surface area contributed by atoms with Gasteiger partial charge >= 0.3 is 0 Å². The molecule has 0 aliphatic heterocycles. The summed E-state index contributed by atoms with van der Waals surface area (Å²) in [5.74, 6) is 2.70. The van der Waals surface area contributed by atoms with Crippen molar-refractivity contribution >= 4 is 15.9 Å². The molecule has 0 aromatic heterocycles. The number of unbranched alkanes of at least 4 members (excludes halogenated alkanes) is 1. The number of benzene rings is 1. The van der Waals surface area contributed by atoms with Crippen molar-refractivity contribution in [3.63, 3.8) is 0 Å².